The SMILES string of the molecule is C.Cc1n[nH]c(C)c1CCSc1ccc(Cl)cc1N. The quantitative estimate of drug-likeness (QED) is 0.656. The van der Waals surface area contributed by atoms with Gasteiger partial charge in [-0.15, -0.1) is 11.8 Å². The molecule has 5 heteroatoms. The Morgan fingerprint density at radius 2 is 2.11 bits per heavy atom. The second-order valence-electron chi connectivity index (χ2n) is 4.19. The average molecular weight is 298 g/mol. The minimum absolute atomic E-state index is 0. The molecule has 1 aromatic carbocycles. The van der Waals surface area contributed by atoms with Crippen LogP contribution in [0.15, 0.2) is 23.1 Å². The third-order valence-corrected chi connectivity index (χ3v) is 4.19. The van der Waals surface area contributed by atoms with Gasteiger partial charge in [0.2, 0.25) is 0 Å². The van der Waals surface area contributed by atoms with E-state index in [4.69, 9.17) is 17.3 Å². The fourth-order valence-electron chi connectivity index (χ4n) is 1.86. The lowest BCUT2D eigenvalue weighted by Gasteiger charge is -2.06. The van der Waals surface area contributed by atoms with Gasteiger partial charge in [0, 0.05) is 27.1 Å². The van der Waals surface area contributed by atoms with E-state index in [0.29, 0.717) is 5.02 Å². The number of anilines is 1. The Kier molecular flexibility index (Phi) is 5.76. The third-order valence-electron chi connectivity index (χ3n) is 2.86. The summed E-state index contributed by atoms with van der Waals surface area (Å²) >= 11 is 7.62. The molecule has 2 rings (SSSR count). The minimum atomic E-state index is 0. The molecule has 0 fully saturated rings. The molecule has 0 aliphatic rings. The van der Waals surface area contributed by atoms with Crippen LogP contribution in [0.2, 0.25) is 5.02 Å². The first-order chi connectivity index (χ1) is 8.58. The zero-order valence-corrected chi connectivity index (χ0v) is 12.0. The van der Waals surface area contributed by atoms with Crippen molar-refractivity contribution in [3.63, 3.8) is 0 Å². The van der Waals surface area contributed by atoms with Crippen LogP contribution in [0.25, 0.3) is 0 Å². The summed E-state index contributed by atoms with van der Waals surface area (Å²) in [5, 5.41) is 7.88. The number of aryl methyl sites for hydroxylation is 2. The third kappa shape index (κ3) is 3.91. The van der Waals surface area contributed by atoms with E-state index >= 15 is 0 Å². The molecule has 1 aromatic heterocycles. The summed E-state index contributed by atoms with van der Waals surface area (Å²) in [7, 11) is 0. The summed E-state index contributed by atoms with van der Waals surface area (Å²) < 4.78 is 0. The van der Waals surface area contributed by atoms with Crippen LogP contribution in [0.5, 0.6) is 0 Å². The molecule has 0 bridgehead atoms. The van der Waals surface area contributed by atoms with Crippen molar-refractivity contribution in [3.8, 4) is 0 Å². The summed E-state index contributed by atoms with van der Waals surface area (Å²) in [6.07, 6.45) is 0.987. The van der Waals surface area contributed by atoms with Gasteiger partial charge in [-0.2, -0.15) is 5.10 Å². The molecule has 0 spiro atoms. The van der Waals surface area contributed by atoms with Gasteiger partial charge in [-0.3, -0.25) is 5.10 Å². The van der Waals surface area contributed by atoms with E-state index in [1.807, 2.05) is 19.1 Å². The second-order valence-corrected chi connectivity index (χ2v) is 5.77. The van der Waals surface area contributed by atoms with Crippen LogP contribution < -0.4 is 5.73 Å². The lowest BCUT2D eigenvalue weighted by Crippen LogP contribution is -1.94. The Bertz CT molecular complexity index is 532. The first kappa shape index (κ1) is 15.9. The van der Waals surface area contributed by atoms with Crippen molar-refractivity contribution in [2.45, 2.75) is 32.6 Å². The van der Waals surface area contributed by atoms with Gasteiger partial charge in [0.1, 0.15) is 0 Å². The predicted octanol–water partition coefficient (Wildman–Crippen LogP) is 4.23. The van der Waals surface area contributed by atoms with Crippen LogP contribution in [0.3, 0.4) is 0 Å². The lowest BCUT2D eigenvalue weighted by molar-refractivity contribution is 1.02. The van der Waals surface area contributed by atoms with E-state index in [0.717, 1.165) is 34.1 Å². The highest BCUT2D eigenvalue weighted by Crippen LogP contribution is 2.28. The second kappa shape index (κ2) is 6.87. The van der Waals surface area contributed by atoms with Crippen molar-refractivity contribution in [1.82, 2.24) is 10.2 Å². The van der Waals surface area contributed by atoms with Gasteiger partial charge in [-0.25, -0.2) is 0 Å². The van der Waals surface area contributed by atoms with Crippen LogP contribution in [0, 0.1) is 13.8 Å². The minimum Gasteiger partial charge on any atom is -0.398 e. The summed E-state index contributed by atoms with van der Waals surface area (Å²) in [4.78, 5) is 1.08. The van der Waals surface area contributed by atoms with Crippen molar-refractivity contribution in [2.24, 2.45) is 0 Å². The number of nitrogen functional groups attached to an aromatic ring is 1. The van der Waals surface area contributed by atoms with Gasteiger partial charge in [0.05, 0.1) is 5.69 Å². The summed E-state index contributed by atoms with van der Waals surface area (Å²) in [6, 6.07) is 5.63. The molecule has 3 N–H and O–H groups in total. The van der Waals surface area contributed by atoms with Crippen LogP contribution >= 0.6 is 23.4 Å². The van der Waals surface area contributed by atoms with E-state index in [-0.39, 0.29) is 7.43 Å². The van der Waals surface area contributed by atoms with Gasteiger partial charge in [0.25, 0.3) is 0 Å². The van der Waals surface area contributed by atoms with Crippen molar-refractivity contribution in [3.05, 3.63) is 40.2 Å². The van der Waals surface area contributed by atoms with Crippen molar-refractivity contribution in [1.29, 1.82) is 0 Å². The van der Waals surface area contributed by atoms with Gasteiger partial charge in [-0.05, 0) is 44.0 Å². The van der Waals surface area contributed by atoms with Gasteiger partial charge >= 0.3 is 0 Å². The number of thioether (sulfide) groups is 1. The number of hydrogen-bond acceptors (Lipinski definition) is 3. The number of benzene rings is 1. The maximum Gasteiger partial charge on any atom is 0.0626 e. The van der Waals surface area contributed by atoms with E-state index < -0.39 is 0 Å². The molecule has 0 saturated carbocycles. The Morgan fingerprint density at radius 1 is 1.37 bits per heavy atom. The maximum absolute atomic E-state index is 5.92. The molecule has 0 unspecified atom stereocenters. The fraction of sp³-hybridized carbons (Fsp3) is 0.357. The van der Waals surface area contributed by atoms with Gasteiger partial charge in [-0.1, -0.05) is 19.0 Å². The Balaban J connectivity index is 0.00000180. The first-order valence-electron chi connectivity index (χ1n) is 5.76. The number of rotatable bonds is 4. The van der Waals surface area contributed by atoms with Crippen LogP contribution in [-0.4, -0.2) is 16.0 Å². The van der Waals surface area contributed by atoms with E-state index in [1.165, 1.54) is 5.56 Å². The normalized spacial score (nSPS) is 10.3. The Hall–Kier alpha value is -1.13. The highest BCUT2D eigenvalue weighted by atomic mass is 35.5. The molecular weight excluding hydrogens is 278 g/mol. The number of H-pyrrole nitrogens is 1. The highest BCUT2D eigenvalue weighted by Gasteiger charge is 2.07. The number of aromatic nitrogens is 2. The number of aromatic amines is 1. The zero-order valence-electron chi connectivity index (χ0n) is 10.5. The summed E-state index contributed by atoms with van der Waals surface area (Å²) in [5.41, 5.74) is 10.2. The van der Waals surface area contributed by atoms with E-state index in [9.17, 15) is 0 Å². The number of nitrogens with two attached hydrogens (primary N) is 1. The largest absolute Gasteiger partial charge is 0.398 e. The Morgan fingerprint density at radius 3 is 2.68 bits per heavy atom. The zero-order chi connectivity index (χ0) is 13.1. The number of nitrogens with zero attached hydrogens (tertiary/aromatic N) is 1. The number of halogens is 1. The van der Waals surface area contributed by atoms with Gasteiger partial charge in [0.15, 0.2) is 0 Å². The summed E-state index contributed by atoms with van der Waals surface area (Å²) in [5.74, 6) is 0.979. The first-order valence-corrected chi connectivity index (χ1v) is 7.12. The van der Waals surface area contributed by atoms with E-state index in [2.05, 4.69) is 17.1 Å². The molecular formula is C14H20ClN3S. The molecule has 2 aromatic rings. The fourth-order valence-corrected chi connectivity index (χ4v) is 2.95. The smallest absolute Gasteiger partial charge is 0.0626 e. The highest BCUT2D eigenvalue weighted by molar-refractivity contribution is 7.99. The molecule has 0 aliphatic heterocycles. The van der Waals surface area contributed by atoms with Crippen molar-refractivity contribution in [2.75, 3.05) is 11.5 Å². The van der Waals surface area contributed by atoms with Crippen LogP contribution in [0.1, 0.15) is 24.4 Å². The number of hydrogen-bond donors (Lipinski definition) is 2. The molecule has 3 nitrogen and oxygen atoms in total. The summed E-state index contributed by atoms with van der Waals surface area (Å²) in [6.45, 7) is 4.08. The molecule has 0 atom stereocenters. The Labute approximate surface area is 123 Å². The lowest BCUT2D eigenvalue weighted by atomic mass is 10.1. The molecule has 19 heavy (non-hydrogen) atoms. The predicted molar refractivity (Wildman–Crippen MR) is 85.1 cm³/mol. The molecule has 0 radical (unpaired) electrons. The van der Waals surface area contributed by atoms with Gasteiger partial charge < -0.3 is 5.73 Å². The maximum atomic E-state index is 5.92. The monoisotopic (exact) mass is 297 g/mol. The van der Waals surface area contributed by atoms with Crippen LogP contribution in [0.4, 0.5) is 5.69 Å². The topological polar surface area (TPSA) is 54.7 Å². The molecule has 1 heterocycles. The molecule has 104 valence electrons. The van der Waals surface area contributed by atoms with E-state index in [1.54, 1.807) is 17.8 Å². The molecule has 0 amide bonds. The van der Waals surface area contributed by atoms with Crippen molar-refractivity contribution < 1.29 is 0 Å². The standard InChI is InChI=1S/C13H16ClN3S.CH4/c1-8-11(9(2)17-16-8)5-6-18-13-4-3-10(14)7-12(13)15;/h3-4,7H,5-6,15H2,1-2H3,(H,16,17);1H4. The average Bonchev–Trinajstić information content (AvgIpc) is 2.63. The van der Waals surface area contributed by atoms with Crippen molar-refractivity contribution >= 4 is 29.1 Å². The number of nitrogens with one attached hydrogen (secondary N) is 1. The van der Waals surface area contributed by atoms with Crippen LogP contribution in [-0.2, 0) is 6.42 Å². The molecule has 0 aliphatic carbocycles. The molecule has 0 saturated heterocycles.